The third-order valence-corrected chi connectivity index (χ3v) is 3.51. The molecule has 19 heavy (non-hydrogen) atoms. The van der Waals surface area contributed by atoms with Gasteiger partial charge in [0.25, 0.3) is 0 Å². The molecule has 0 fully saturated rings. The highest BCUT2D eigenvalue weighted by Gasteiger charge is 2.25. The van der Waals surface area contributed by atoms with Crippen LogP contribution in [0.5, 0.6) is 5.75 Å². The minimum atomic E-state index is 0.121. The van der Waals surface area contributed by atoms with E-state index < -0.39 is 0 Å². The van der Waals surface area contributed by atoms with Gasteiger partial charge in [0, 0.05) is 18.7 Å². The summed E-state index contributed by atoms with van der Waals surface area (Å²) in [6.45, 7) is 8.93. The highest BCUT2D eigenvalue weighted by Crippen LogP contribution is 2.26. The Hall–Kier alpha value is -1.06. The smallest absolute Gasteiger partial charge is 0.119 e. The maximum atomic E-state index is 9.21. The highest BCUT2D eigenvalue weighted by atomic mass is 16.5. The number of hydrogen-bond donors (Lipinski definition) is 2. The molecule has 3 nitrogen and oxygen atoms in total. The molecule has 0 aliphatic carbocycles. The molecular formula is C16H27NO2. The van der Waals surface area contributed by atoms with Gasteiger partial charge in [0.1, 0.15) is 5.75 Å². The van der Waals surface area contributed by atoms with Gasteiger partial charge in [0.05, 0.1) is 7.11 Å². The third kappa shape index (κ3) is 4.84. The molecule has 0 saturated heterocycles. The van der Waals surface area contributed by atoms with Crippen molar-refractivity contribution in [2.45, 2.75) is 46.2 Å². The Morgan fingerprint density at radius 1 is 1.32 bits per heavy atom. The predicted molar refractivity (Wildman–Crippen MR) is 79.5 cm³/mol. The molecule has 1 aromatic rings. The Kier molecular flexibility index (Phi) is 5.83. The molecule has 2 N–H and O–H groups in total. The molecule has 0 amide bonds. The summed E-state index contributed by atoms with van der Waals surface area (Å²) in [4.78, 5) is 0. The van der Waals surface area contributed by atoms with Crippen LogP contribution in [0.15, 0.2) is 24.3 Å². The molecule has 1 rings (SSSR count). The first-order chi connectivity index (χ1) is 8.88. The van der Waals surface area contributed by atoms with Gasteiger partial charge < -0.3 is 15.2 Å². The molecule has 1 aromatic carbocycles. The van der Waals surface area contributed by atoms with Gasteiger partial charge in [0.2, 0.25) is 0 Å². The van der Waals surface area contributed by atoms with E-state index in [4.69, 9.17) is 4.74 Å². The zero-order valence-corrected chi connectivity index (χ0v) is 12.7. The summed E-state index contributed by atoms with van der Waals surface area (Å²) < 4.78 is 5.26. The fourth-order valence-corrected chi connectivity index (χ4v) is 2.20. The molecule has 0 aromatic heterocycles. The van der Waals surface area contributed by atoms with Crippen LogP contribution in [0.1, 0.15) is 45.7 Å². The van der Waals surface area contributed by atoms with Gasteiger partial charge in [-0.1, -0.05) is 32.9 Å². The molecular weight excluding hydrogens is 238 g/mol. The van der Waals surface area contributed by atoms with E-state index in [1.165, 1.54) is 5.56 Å². The van der Waals surface area contributed by atoms with Crippen LogP contribution in [-0.4, -0.2) is 24.9 Å². The first kappa shape index (κ1) is 16.0. The van der Waals surface area contributed by atoms with E-state index in [1.807, 2.05) is 12.1 Å². The average Bonchev–Trinajstić information content (AvgIpc) is 2.37. The molecule has 0 radical (unpaired) electrons. The van der Waals surface area contributed by atoms with Crippen molar-refractivity contribution in [3.63, 3.8) is 0 Å². The topological polar surface area (TPSA) is 41.5 Å². The van der Waals surface area contributed by atoms with Gasteiger partial charge in [-0.2, -0.15) is 0 Å². The molecule has 0 spiro atoms. The lowest BCUT2D eigenvalue weighted by molar-refractivity contribution is 0.188. The summed E-state index contributed by atoms with van der Waals surface area (Å²) in [5.41, 5.74) is 1.32. The number of hydrogen-bond acceptors (Lipinski definition) is 3. The van der Waals surface area contributed by atoms with Crippen molar-refractivity contribution in [1.29, 1.82) is 0 Å². The summed E-state index contributed by atoms with van der Waals surface area (Å²) in [6, 6.07) is 8.61. The predicted octanol–water partition coefficient (Wildman–Crippen LogP) is 3.14. The van der Waals surface area contributed by atoms with Crippen molar-refractivity contribution in [3.8, 4) is 5.75 Å². The molecule has 0 aliphatic heterocycles. The van der Waals surface area contributed by atoms with Crippen LogP contribution in [0.25, 0.3) is 0 Å². The van der Waals surface area contributed by atoms with Crippen molar-refractivity contribution >= 4 is 0 Å². The van der Waals surface area contributed by atoms with E-state index in [9.17, 15) is 5.11 Å². The van der Waals surface area contributed by atoms with Gasteiger partial charge in [-0.25, -0.2) is 0 Å². The zero-order chi connectivity index (χ0) is 14.5. The Bertz CT molecular complexity index is 385. The number of aliphatic hydroxyl groups excluding tert-OH is 1. The second-order valence-corrected chi connectivity index (χ2v) is 6.10. The minimum Gasteiger partial charge on any atom is -0.497 e. The summed E-state index contributed by atoms with van der Waals surface area (Å²) in [6.07, 6.45) is 0.762. The van der Waals surface area contributed by atoms with Gasteiger partial charge in [-0.15, -0.1) is 0 Å². The van der Waals surface area contributed by atoms with Crippen LogP contribution in [0.2, 0.25) is 0 Å². The largest absolute Gasteiger partial charge is 0.497 e. The van der Waals surface area contributed by atoms with Crippen molar-refractivity contribution in [2.24, 2.45) is 5.41 Å². The maximum Gasteiger partial charge on any atom is 0.119 e. The fraction of sp³-hybridized carbons (Fsp3) is 0.625. The SMILES string of the molecule is COc1cccc(C(C)NC(CCO)C(C)(C)C)c1. The maximum absolute atomic E-state index is 9.21. The molecule has 0 aliphatic rings. The number of benzene rings is 1. The number of methoxy groups -OCH3 is 1. The lowest BCUT2D eigenvalue weighted by Crippen LogP contribution is -2.42. The number of nitrogens with one attached hydrogen (secondary N) is 1. The van der Waals surface area contributed by atoms with Crippen molar-refractivity contribution in [1.82, 2.24) is 5.32 Å². The van der Waals surface area contributed by atoms with Gasteiger partial charge >= 0.3 is 0 Å². The number of aliphatic hydroxyl groups is 1. The molecule has 2 unspecified atom stereocenters. The molecule has 0 saturated carbocycles. The van der Waals surface area contributed by atoms with Crippen molar-refractivity contribution in [2.75, 3.05) is 13.7 Å². The van der Waals surface area contributed by atoms with E-state index in [2.05, 4.69) is 45.1 Å². The van der Waals surface area contributed by atoms with E-state index in [0.717, 1.165) is 12.2 Å². The molecule has 0 bridgehead atoms. The van der Waals surface area contributed by atoms with Crippen LogP contribution in [-0.2, 0) is 0 Å². The quantitative estimate of drug-likeness (QED) is 0.830. The zero-order valence-electron chi connectivity index (χ0n) is 12.7. The highest BCUT2D eigenvalue weighted by molar-refractivity contribution is 5.30. The monoisotopic (exact) mass is 265 g/mol. The first-order valence-corrected chi connectivity index (χ1v) is 6.89. The summed E-state index contributed by atoms with van der Waals surface area (Å²) in [5, 5.41) is 12.8. The second-order valence-electron chi connectivity index (χ2n) is 6.10. The Balaban J connectivity index is 2.78. The van der Waals surface area contributed by atoms with Crippen molar-refractivity contribution in [3.05, 3.63) is 29.8 Å². The summed E-state index contributed by atoms with van der Waals surface area (Å²) in [5.74, 6) is 0.876. The van der Waals surface area contributed by atoms with E-state index in [-0.39, 0.29) is 24.1 Å². The number of ether oxygens (including phenoxy) is 1. The Morgan fingerprint density at radius 2 is 2.00 bits per heavy atom. The third-order valence-electron chi connectivity index (χ3n) is 3.51. The normalized spacial score (nSPS) is 15.1. The van der Waals surface area contributed by atoms with Crippen LogP contribution >= 0.6 is 0 Å². The summed E-state index contributed by atoms with van der Waals surface area (Å²) in [7, 11) is 1.68. The van der Waals surface area contributed by atoms with E-state index in [0.29, 0.717) is 0 Å². The standard InChI is InChI=1S/C16H27NO2/c1-12(13-7-6-8-14(11-13)19-5)17-15(9-10-18)16(2,3)4/h6-8,11-12,15,17-18H,9-10H2,1-5H3. The van der Waals surface area contributed by atoms with Crippen LogP contribution in [0.4, 0.5) is 0 Å². The van der Waals surface area contributed by atoms with Gasteiger partial charge in [-0.05, 0) is 36.5 Å². The molecule has 0 heterocycles. The molecule has 3 heteroatoms. The van der Waals surface area contributed by atoms with Crippen LogP contribution < -0.4 is 10.1 Å². The van der Waals surface area contributed by atoms with Crippen molar-refractivity contribution < 1.29 is 9.84 Å². The van der Waals surface area contributed by atoms with E-state index >= 15 is 0 Å². The minimum absolute atomic E-state index is 0.121. The summed E-state index contributed by atoms with van der Waals surface area (Å²) >= 11 is 0. The fourth-order valence-electron chi connectivity index (χ4n) is 2.20. The molecule has 108 valence electrons. The van der Waals surface area contributed by atoms with Gasteiger partial charge in [0.15, 0.2) is 0 Å². The average molecular weight is 265 g/mol. The lowest BCUT2D eigenvalue weighted by atomic mass is 9.84. The van der Waals surface area contributed by atoms with Crippen LogP contribution in [0.3, 0.4) is 0 Å². The Labute approximate surface area is 117 Å². The first-order valence-electron chi connectivity index (χ1n) is 6.89. The van der Waals surface area contributed by atoms with Crippen LogP contribution in [0, 0.1) is 5.41 Å². The molecule has 2 atom stereocenters. The second kappa shape index (κ2) is 6.92. The lowest BCUT2D eigenvalue weighted by Gasteiger charge is -2.34. The number of rotatable bonds is 6. The van der Waals surface area contributed by atoms with Gasteiger partial charge in [-0.3, -0.25) is 0 Å². The Morgan fingerprint density at radius 3 is 2.53 bits per heavy atom. The van der Waals surface area contributed by atoms with E-state index in [1.54, 1.807) is 7.11 Å².